The predicted molar refractivity (Wildman–Crippen MR) is 86.2 cm³/mol. The number of pyridine rings is 1. The maximum absolute atomic E-state index is 10.2. The van der Waals surface area contributed by atoms with E-state index in [9.17, 15) is 5.11 Å². The van der Waals surface area contributed by atoms with Crippen LogP contribution in [0.3, 0.4) is 0 Å². The van der Waals surface area contributed by atoms with Gasteiger partial charge in [-0.1, -0.05) is 38.1 Å². The third-order valence-electron chi connectivity index (χ3n) is 3.78. The van der Waals surface area contributed by atoms with Crippen LogP contribution >= 0.6 is 0 Å². The molecule has 21 heavy (non-hydrogen) atoms. The minimum atomic E-state index is -0.478. The Labute approximate surface area is 127 Å². The number of aliphatic hydroxyl groups excluding tert-OH is 1. The van der Waals surface area contributed by atoms with Gasteiger partial charge >= 0.3 is 0 Å². The third-order valence-corrected chi connectivity index (χ3v) is 3.78. The Bertz CT molecular complexity index is 564. The Morgan fingerprint density at radius 3 is 2.38 bits per heavy atom. The predicted octanol–water partition coefficient (Wildman–Crippen LogP) is 3.34. The second-order valence-corrected chi connectivity index (χ2v) is 5.77. The van der Waals surface area contributed by atoms with Crippen molar-refractivity contribution in [3.05, 3.63) is 65.0 Å². The number of nitrogens with one attached hydrogen (secondary N) is 1. The molecular weight excluding hydrogens is 260 g/mol. The lowest BCUT2D eigenvalue weighted by Gasteiger charge is -2.14. The molecule has 1 aromatic heterocycles. The molecule has 0 fully saturated rings. The molecule has 0 saturated heterocycles. The Kier molecular flexibility index (Phi) is 5.48. The van der Waals surface area contributed by atoms with Gasteiger partial charge in [-0.25, -0.2) is 0 Å². The van der Waals surface area contributed by atoms with E-state index < -0.39 is 6.10 Å². The summed E-state index contributed by atoms with van der Waals surface area (Å²) in [4.78, 5) is 4.08. The monoisotopic (exact) mass is 284 g/mol. The van der Waals surface area contributed by atoms with Gasteiger partial charge in [0, 0.05) is 25.5 Å². The van der Waals surface area contributed by atoms with Gasteiger partial charge in [0.05, 0.1) is 6.10 Å². The van der Waals surface area contributed by atoms with Crippen LogP contribution in [0.5, 0.6) is 0 Å². The van der Waals surface area contributed by atoms with Crippen molar-refractivity contribution in [2.45, 2.75) is 39.3 Å². The Balaban J connectivity index is 1.87. The van der Waals surface area contributed by atoms with Crippen molar-refractivity contribution in [1.29, 1.82) is 0 Å². The lowest BCUT2D eigenvalue weighted by molar-refractivity contribution is 0.174. The zero-order valence-corrected chi connectivity index (χ0v) is 13.0. The molecule has 3 heteroatoms. The average Bonchev–Trinajstić information content (AvgIpc) is 2.49. The van der Waals surface area contributed by atoms with Gasteiger partial charge in [-0.05, 0) is 41.2 Å². The molecule has 0 aliphatic carbocycles. The molecule has 0 aliphatic heterocycles. The smallest absolute Gasteiger partial charge is 0.0914 e. The lowest BCUT2D eigenvalue weighted by atomic mass is 10.00. The van der Waals surface area contributed by atoms with Crippen LogP contribution in [0.15, 0.2) is 42.7 Å². The lowest BCUT2D eigenvalue weighted by Crippen LogP contribution is -2.21. The van der Waals surface area contributed by atoms with E-state index in [4.69, 9.17) is 0 Å². The quantitative estimate of drug-likeness (QED) is 0.855. The molecule has 1 aromatic carbocycles. The number of benzene rings is 1. The SMILES string of the molecule is Cc1cnccc1CNCC(O)c1ccc(C(C)C)cc1. The fraction of sp³-hybridized carbons (Fsp3) is 0.389. The van der Waals surface area contributed by atoms with Crippen molar-refractivity contribution >= 4 is 0 Å². The summed E-state index contributed by atoms with van der Waals surface area (Å²) < 4.78 is 0. The van der Waals surface area contributed by atoms with E-state index in [1.54, 1.807) is 6.20 Å². The number of aliphatic hydroxyl groups is 1. The molecule has 0 radical (unpaired) electrons. The summed E-state index contributed by atoms with van der Waals surface area (Å²) in [5.41, 5.74) is 4.64. The number of aromatic nitrogens is 1. The molecule has 0 aliphatic rings. The fourth-order valence-electron chi connectivity index (χ4n) is 2.27. The largest absolute Gasteiger partial charge is 0.387 e. The number of rotatable bonds is 6. The molecule has 0 saturated carbocycles. The molecule has 2 aromatic rings. The molecule has 1 heterocycles. The Hall–Kier alpha value is -1.71. The molecule has 2 rings (SSSR count). The van der Waals surface area contributed by atoms with Gasteiger partial charge in [-0.2, -0.15) is 0 Å². The summed E-state index contributed by atoms with van der Waals surface area (Å²) in [5.74, 6) is 0.518. The molecule has 0 spiro atoms. The zero-order chi connectivity index (χ0) is 15.2. The minimum absolute atomic E-state index is 0.478. The maximum Gasteiger partial charge on any atom is 0.0914 e. The standard InChI is InChI=1S/C18H24N2O/c1-13(2)15-4-6-16(7-5-15)18(21)12-20-11-17-8-9-19-10-14(17)3/h4-10,13,18,20-21H,11-12H2,1-3H3. The van der Waals surface area contributed by atoms with E-state index in [1.165, 1.54) is 16.7 Å². The van der Waals surface area contributed by atoms with Crippen molar-refractivity contribution in [3.63, 3.8) is 0 Å². The summed E-state index contributed by atoms with van der Waals surface area (Å²) in [5, 5.41) is 13.5. The van der Waals surface area contributed by atoms with Crippen molar-refractivity contribution in [2.24, 2.45) is 0 Å². The van der Waals surface area contributed by atoms with E-state index >= 15 is 0 Å². The highest BCUT2D eigenvalue weighted by Gasteiger charge is 2.08. The number of hydrogen-bond donors (Lipinski definition) is 2. The normalized spacial score (nSPS) is 12.6. The van der Waals surface area contributed by atoms with Crippen molar-refractivity contribution in [3.8, 4) is 0 Å². The van der Waals surface area contributed by atoms with E-state index in [0.717, 1.165) is 12.1 Å². The van der Waals surface area contributed by atoms with Gasteiger partial charge in [0.15, 0.2) is 0 Å². The van der Waals surface area contributed by atoms with Gasteiger partial charge in [0.25, 0.3) is 0 Å². The molecule has 3 nitrogen and oxygen atoms in total. The van der Waals surface area contributed by atoms with Gasteiger partial charge in [0.1, 0.15) is 0 Å². The molecule has 112 valence electrons. The van der Waals surface area contributed by atoms with Gasteiger partial charge < -0.3 is 10.4 Å². The summed E-state index contributed by atoms with van der Waals surface area (Å²) >= 11 is 0. The van der Waals surface area contributed by atoms with Gasteiger partial charge in [-0.3, -0.25) is 4.98 Å². The van der Waals surface area contributed by atoms with Crippen molar-refractivity contribution in [1.82, 2.24) is 10.3 Å². The van der Waals surface area contributed by atoms with Crippen molar-refractivity contribution in [2.75, 3.05) is 6.54 Å². The van der Waals surface area contributed by atoms with Crippen LogP contribution in [0.1, 0.15) is 48.1 Å². The van der Waals surface area contributed by atoms with E-state index in [2.05, 4.69) is 36.3 Å². The molecule has 2 N–H and O–H groups in total. The summed E-state index contributed by atoms with van der Waals surface area (Å²) in [6.07, 6.45) is 3.18. The van der Waals surface area contributed by atoms with Gasteiger partial charge in [-0.15, -0.1) is 0 Å². The first-order valence-electron chi connectivity index (χ1n) is 7.46. The third kappa shape index (κ3) is 4.38. The van der Waals surface area contributed by atoms with Crippen LogP contribution in [0.2, 0.25) is 0 Å². The molecule has 0 amide bonds. The van der Waals surface area contributed by atoms with Gasteiger partial charge in [0.2, 0.25) is 0 Å². The molecule has 0 bridgehead atoms. The molecule has 1 unspecified atom stereocenters. The second-order valence-electron chi connectivity index (χ2n) is 5.77. The first-order chi connectivity index (χ1) is 10.1. The minimum Gasteiger partial charge on any atom is -0.387 e. The van der Waals surface area contributed by atoms with Crippen LogP contribution in [0.25, 0.3) is 0 Å². The first-order valence-corrected chi connectivity index (χ1v) is 7.46. The number of aryl methyl sites for hydroxylation is 1. The fourth-order valence-corrected chi connectivity index (χ4v) is 2.27. The van der Waals surface area contributed by atoms with Crippen LogP contribution in [-0.4, -0.2) is 16.6 Å². The van der Waals surface area contributed by atoms with Crippen molar-refractivity contribution < 1.29 is 5.11 Å². The van der Waals surface area contributed by atoms with Crippen LogP contribution in [0.4, 0.5) is 0 Å². The van der Waals surface area contributed by atoms with E-state index in [1.807, 2.05) is 31.3 Å². The van der Waals surface area contributed by atoms with E-state index in [0.29, 0.717) is 12.5 Å². The highest BCUT2D eigenvalue weighted by Crippen LogP contribution is 2.18. The maximum atomic E-state index is 10.2. The Morgan fingerprint density at radius 2 is 1.76 bits per heavy atom. The first kappa shape index (κ1) is 15.7. The number of hydrogen-bond acceptors (Lipinski definition) is 3. The topological polar surface area (TPSA) is 45.2 Å². The second kappa shape index (κ2) is 7.34. The highest BCUT2D eigenvalue weighted by atomic mass is 16.3. The highest BCUT2D eigenvalue weighted by molar-refractivity contribution is 5.26. The van der Waals surface area contributed by atoms with Crippen LogP contribution in [-0.2, 0) is 6.54 Å². The zero-order valence-electron chi connectivity index (χ0n) is 13.0. The summed E-state index contributed by atoms with van der Waals surface area (Å²) in [6.45, 7) is 7.68. The van der Waals surface area contributed by atoms with E-state index in [-0.39, 0.29) is 0 Å². The van der Waals surface area contributed by atoms with Crippen LogP contribution < -0.4 is 5.32 Å². The molecular formula is C18H24N2O. The summed E-state index contributed by atoms with van der Waals surface area (Å²) in [6, 6.07) is 10.2. The van der Waals surface area contributed by atoms with Crippen LogP contribution in [0, 0.1) is 6.92 Å². The Morgan fingerprint density at radius 1 is 1.10 bits per heavy atom. The molecule has 1 atom stereocenters. The summed E-state index contributed by atoms with van der Waals surface area (Å²) in [7, 11) is 0. The average molecular weight is 284 g/mol. The number of nitrogens with zero attached hydrogens (tertiary/aromatic N) is 1.